The molecule has 0 spiro atoms. The van der Waals surface area contributed by atoms with E-state index in [1.54, 1.807) is 6.07 Å². The molecule has 18 heavy (non-hydrogen) atoms. The van der Waals surface area contributed by atoms with Crippen molar-refractivity contribution in [1.29, 1.82) is 0 Å². The molecule has 2 rings (SSSR count). The minimum absolute atomic E-state index is 0.127. The molecule has 1 saturated heterocycles. The average Bonchev–Trinajstić information content (AvgIpc) is 2.34. The number of nitrogens with zero attached hydrogens (tertiary/aromatic N) is 1. The van der Waals surface area contributed by atoms with Crippen molar-refractivity contribution in [1.82, 2.24) is 4.90 Å². The Kier molecular flexibility index (Phi) is 4.44. The van der Waals surface area contributed by atoms with E-state index < -0.39 is 0 Å². The molecule has 1 aromatic rings. The summed E-state index contributed by atoms with van der Waals surface area (Å²) in [6.07, 6.45) is 1.86. The summed E-state index contributed by atoms with van der Waals surface area (Å²) < 4.78 is 5.31. The number of hydrogen-bond donors (Lipinski definition) is 2. The van der Waals surface area contributed by atoms with Crippen LogP contribution in [0.3, 0.4) is 0 Å². The third-order valence-corrected chi connectivity index (χ3v) is 3.44. The highest BCUT2D eigenvalue weighted by atomic mass is 16.5. The first-order valence-electron chi connectivity index (χ1n) is 6.48. The number of aryl methyl sites for hydroxylation is 1. The van der Waals surface area contributed by atoms with Gasteiger partial charge in [-0.3, -0.25) is 4.90 Å². The maximum Gasteiger partial charge on any atom is 0.122 e. The van der Waals surface area contributed by atoms with Crippen LogP contribution in [-0.4, -0.2) is 48.0 Å². The molecule has 0 aliphatic carbocycles. The second-order valence-corrected chi connectivity index (χ2v) is 4.82. The van der Waals surface area contributed by atoms with Gasteiger partial charge in [-0.1, -0.05) is 0 Å². The summed E-state index contributed by atoms with van der Waals surface area (Å²) in [4.78, 5) is 2.39. The van der Waals surface area contributed by atoms with Crippen molar-refractivity contribution in [3.05, 3.63) is 23.3 Å². The van der Waals surface area contributed by atoms with Gasteiger partial charge in [0.15, 0.2) is 0 Å². The van der Waals surface area contributed by atoms with Crippen LogP contribution in [0.5, 0.6) is 11.5 Å². The lowest BCUT2D eigenvalue weighted by Gasteiger charge is -2.26. The summed E-state index contributed by atoms with van der Waals surface area (Å²) in [6, 6.07) is 3.11. The quantitative estimate of drug-likeness (QED) is 0.854. The fourth-order valence-electron chi connectivity index (χ4n) is 2.41. The Morgan fingerprint density at radius 2 is 1.94 bits per heavy atom. The van der Waals surface area contributed by atoms with Crippen molar-refractivity contribution >= 4 is 0 Å². The van der Waals surface area contributed by atoms with E-state index in [0.29, 0.717) is 0 Å². The lowest BCUT2D eigenvalue weighted by atomic mass is 10.0. The van der Waals surface area contributed by atoms with Crippen molar-refractivity contribution < 1.29 is 14.9 Å². The van der Waals surface area contributed by atoms with Crippen LogP contribution in [0.1, 0.15) is 17.5 Å². The average molecular weight is 251 g/mol. The van der Waals surface area contributed by atoms with Gasteiger partial charge in [-0.25, -0.2) is 0 Å². The fraction of sp³-hybridized carbons (Fsp3) is 0.571. The molecule has 4 heteroatoms. The van der Waals surface area contributed by atoms with Crippen LogP contribution in [0.15, 0.2) is 12.1 Å². The first-order valence-corrected chi connectivity index (χ1v) is 6.48. The summed E-state index contributed by atoms with van der Waals surface area (Å²) in [5.74, 6) is 0.330. The lowest BCUT2D eigenvalue weighted by Crippen LogP contribution is -2.36. The molecule has 100 valence electrons. The SMILES string of the molecule is Cc1cc(O)cc(O)c1CCCN1CCOCC1. The molecule has 4 nitrogen and oxygen atoms in total. The van der Waals surface area contributed by atoms with Crippen molar-refractivity contribution in [3.8, 4) is 11.5 Å². The van der Waals surface area contributed by atoms with Crippen LogP contribution < -0.4 is 0 Å². The molecular weight excluding hydrogens is 230 g/mol. The second kappa shape index (κ2) is 6.07. The molecule has 0 radical (unpaired) electrons. The predicted octanol–water partition coefficient (Wildman–Crippen LogP) is 1.67. The van der Waals surface area contributed by atoms with Crippen LogP contribution in [0, 0.1) is 6.92 Å². The van der Waals surface area contributed by atoms with Crippen LogP contribution in [0.2, 0.25) is 0 Å². The Labute approximate surface area is 108 Å². The standard InChI is InChI=1S/C14H21NO3/c1-11-9-12(16)10-14(17)13(11)3-2-4-15-5-7-18-8-6-15/h9-10,16-17H,2-8H2,1H3. The molecule has 1 fully saturated rings. The smallest absolute Gasteiger partial charge is 0.122 e. The van der Waals surface area contributed by atoms with Crippen LogP contribution in [0.25, 0.3) is 0 Å². The Hall–Kier alpha value is -1.26. The summed E-state index contributed by atoms with van der Waals surface area (Å²) in [5, 5.41) is 19.2. The summed E-state index contributed by atoms with van der Waals surface area (Å²) in [6.45, 7) is 6.60. The van der Waals surface area contributed by atoms with Crippen LogP contribution in [0.4, 0.5) is 0 Å². The van der Waals surface area contributed by atoms with Gasteiger partial charge in [0, 0.05) is 19.2 Å². The van der Waals surface area contributed by atoms with Crippen molar-refractivity contribution in [2.75, 3.05) is 32.8 Å². The highest BCUT2D eigenvalue weighted by Gasteiger charge is 2.11. The number of hydrogen-bond acceptors (Lipinski definition) is 4. The highest BCUT2D eigenvalue weighted by molar-refractivity contribution is 5.44. The zero-order valence-corrected chi connectivity index (χ0v) is 10.9. The van der Waals surface area contributed by atoms with E-state index in [9.17, 15) is 10.2 Å². The predicted molar refractivity (Wildman–Crippen MR) is 70.1 cm³/mol. The van der Waals surface area contributed by atoms with Gasteiger partial charge in [0.05, 0.1) is 13.2 Å². The number of phenols is 2. The number of benzene rings is 1. The van der Waals surface area contributed by atoms with Crippen LogP contribution in [-0.2, 0) is 11.2 Å². The fourth-order valence-corrected chi connectivity index (χ4v) is 2.41. The molecule has 0 unspecified atom stereocenters. The minimum Gasteiger partial charge on any atom is -0.508 e. The van der Waals surface area contributed by atoms with E-state index in [1.165, 1.54) is 6.07 Å². The maximum absolute atomic E-state index is 9.82. The number of ether oxygens (including phenoxy) is 1. The molecule has 0 atom stereocenters. The molecule has 0 amide bonds. The summed E-state index contributed by atoms with van der Waals surface area (Å²) in [7, 11) is 0. The van der Waals surface area contributed by atoms with Crippen LogP contribution >= 0.6 is 0 Å². The first-order chi connectivity index (χ1) is 8.66. The number of rotatable bonds is 4. The lowest BCUT2D eigenvalue weighted by molar-refractivity contribution is 0.0374. The van der Waals surface area contributed by atoms with E-state index in [2.05, 4.69) is 4.90 Å². The van der Waals surface area contributed by atoms with Crippen molar-refractivity contribution in [3.63, 3.8) is 0 Å². The van der Waals surface area contributed by atoms with Gasteiger partial charge in [-0.15, -0.1) is 0 Å². The Morgan fingerprint density at radius 3 is 2.61 bits per heavy atom. The molecule has 1 heterocycles. The van der Waals surface area contributed by atoms with Gasteiger partial charge in [0.2, 0.25) is 0 Å². The van der Waals surface area contributed by atoms with Gasteiger partial charge < -0.3 is 14.9 Å². The van der Waals surface area contributed by atoms with Crippen molar-refractivity contribution in [2.24, 2.45) is 0 Å². The first kappa shape index (κ1) is 13.2. The van der Waals surface area contributed by atoms with E-state index in [1.807, 2.05) is 6.92 Å². The minimum atomic E-state index is 0.127. The number of phenolic OH excluding ortho intramolecular Hbond substituents is 2. The maximum atomic E-state index is 9.82. The molecule has 2 N–H and O–H groups in total. The topological polar surface area (TPSA) is 52.9 Å². The molecule has 0 aromatic heterocycles. The highest BCUT2D eigenvalue weighted by Crippen LogP contribution is 2.27. The third-order valence-electron chi connectivity index (χ3n) is 3.44. The van der Waals surface area contributed by atoms with Gasteiger partial charge in [-0.2, -0.15) is 0 Å². The van der Waals surface area contributed by atoms with Crippen molar-refractivity contribution in [2.45, 2.75) is 19.8 Å². The Morgan fingerprint density at radius 1 is 1.22 bits per heavy atom. The molecular formula is C14H21NO3. The number of morpholine rings is 1. The largest absolute Gasteiger partial charge is 0.508 e. The van der Waals surface area contributed by atoms with E-state index >= 15 is 0 Å². The summed E-state index contributed by atoms with van der Waals surface area (Å²) in [5.41, 5.74) is 1.90. The molecule has 0 saturated carbocycles. The van der Waals surface area contributed by atoms with Gasteiger partial charge >= 0.3 is 0 Å². The monoisotopic (exact) mass is 251 g/mol. The molecule has 0 bridgehead atoms. The number of aromatic hydroxyl groups is 2. The van der Waals surface area contributed by atoms with Gasteiger partial charge in [0.25, 0.3) is 0 Å². The van der Waals surface area contributed by atoms with E-state index in [-0.39, 0.29) is 11.5 Å². The zero-order valence-electron chi connectivity index (χ0n) is 10.9. The Balaban J connectivity index is 1.86. The van der Waals surface area contributed by atoms with Gasteiger partial charge in [-0.05, 0) is 43.5 Å². The molecule has 1 aliphatic rings. The second-order valence-electron chi connectivity index (χ2n) is 4.82. The summed E-state index contributed by atoms with van der Waals surface area (Å²) >= 11 is 0. The van der Waals surface area contributed by atoms with E-state index in [0.717, 1.165) is 56.8 Å². The van der Waals surface area contributed by atoms with E-state index in [4.69, 9.17) is 4.74 Å². The zero-order chi connectivity index (χ0) is 13.0. The molecule has 1 aromatic carbocycles. The third kappa shape index (κ3) is 3.37. The van der Waals surface area contributed by atoms with Gasteiger partial charge in [0.1, 0.15) is 11.5 Å². The normalized spacial score (nSPS) is 16.9. The molecule has 1 aliphatic heterocycles. The Bertz CT molecular complexity index is 377.